The van der Waals surface area contributed by atoms with Crippen LogP contribution in [0, 0.1) is 0 Å². The van der Waals surface area contributed by atoms with Gasteiger partial charge in [-0.05, 0) is 45.6 Å². The average Bonchev–Trinajstić information content (AvgIpc) is 2.70. The highest BCUT2D eigenvalue weighted by Gasteiger charge is 2.28. The van der Waals surface area contributed by atoms with Gasteiger partial charge in [-0.3, -0.25) is 0 Å². The quantitative estimate of drug-likeness (QED) is 0.535. The predicted molar refractivity (Wildman–Crippen MR) is 65.4 cm³/mol. The summed E-state index contributed by atoms with van der Waals surface area (Å²) < 4.78 is 5.81. The lowest BCUT2D eigenvalue weighted by atomic mass is 10.1. The summed E-state index contributed by atoms with van der Waals surface area (Å²) in [7, 11) is 0. The van der Waals surface area contributed by atoms with E-state index in [0.29, 0.717) is 25.3 Å². The lowest BCUT2D eigenvalue weighted by Crippen LogP contribution is -2.45. The Labute approximate surface area is 98.5 Å². The number of rotatable bonds is 8. The number of aliphatic hydroxyl groups is 1. The van der Waals surface area contributed by atoms with Crippen molar-refractivity contribution in [3.05, 3.63) is 0 Å². The maximum absolute atomic E-state index is 8.66. The molecule has 4 heteroatoms. The second-order valence-electron chi connectivity index (χ2n) is 4.64. The Morgan fingerprint density at radius 2 is 2.19 bits per heavy atom. The van der Waals surface area contributed by atoms with Crippen molar-refractivity contribution >= 4 is 0 Å². The summed E-state index contributed by atoms with van der Waals surface area (Å²) >= 11 is 0. The number of unbranched alkanes of at least 4 members (excludes halogenated alkanes) is 2. The molecule has 0 amide bonds. The van der Waals surface area contributed by atoms with Gasteiger partial charge in [0.15, 0.2) is 0 Å². The monoisotopic (exact) mass is 230 g/mol. The highest BCUT2D eigenvalue weighted by molar-refractivity contribution is 4.83. The van der Waals surface area contributed by atoms with E-state index in [-0.39, 0.29) is 6.10 Å². The summed E-state index contributed by atoms with van der Waals surface area (Å²) in [5.41, 5.74) is 5.76. The molecule has 0 aliphatic carbocycles. The predicted octanol–water partition coefficient (Wildman–Crippen LogP) is 0.633. The molecule has 96 valence electrons. The minimum atomic E-state index is 0.290. The fraction of sp³-hybridized carbons (Fsp3) is 1.00. The van der Waals surface area contributed by atoms with E-state index in [1.165, 1.54) is 0 Å². The highest BCUT2D eigenvalue weighted by atomic mass is 16.5. The van der Waals surface area contributed by atoms with Crippen molar-refractivity contribution in [2.45, 2.75) is 57.3 Å². The first-order valence-corrected chi connectivity index (χ1v) is 6.47. The molecule has 1 fully saturated rings. The van der Waals surface area contributed by atoms with Crippen LogP contribution in [0.3, 0.4) is 0 Å². The summed E-state index contributed by atoms with van der Waals surface area (Å²) in [6.45, 7) is 4.02. The van der Waals surface area contributed by atoms with E-state index in [4.69, 9.17) is 15.6 Å². The van der Waals surface area contributed by atoms with E-state index in [0.717, 1.165) is 38.6 Å². The molecular weight excluding hydrogens is 204 g/mol. The van der Waals surface area contributed by atoms with Crippen molar-refractivity contribution in [1.82, 2.24) is 5.32 Å². The number of nitrogens with two attached hydrogens (primary N) is 1. The first-order valence-electron chi connectivity index (χ1n) is 6.47. The molecular formula is C12H26N2O2. The second kappa shape index (κ2) is 8.01. The van der Waals surface area contributed by atoms with Crippen LogP contribution in [0.15, 0.2) is 0 Å². The molecule has 1 rings (SSSR count). The zero-order valence-electron chi connectivity index (χ0n) is 10.3. The van der Waals surface area contributed by atoms with Gasteiger partial charge in [-0.1, -0.05) is 0 Å². The summed E-state index contributed by atoms with van der Waals surface area (Å²) in [6.07, 6.45) is 6.00. The molecule has 4 N–H and O–H groups in total. The van der Waals surface area contributed by atoms with Gasteiger partial charge in [-0.15, -0.1) is 0 Å². The van der Waals surface area contributed by atoms with Crippen molar-refractivity contribution in [2.75, 3.05) is 19.7 Å². The van der Waals surface area contributed by atoms with Gasteiger partial charge in [0.1, 0.15) is 0 Å². The molecule has 3 unspecified atom stereocenters. The Hall–Kier alpha value is -0.160. The van der Waals surface area contributed by atoms with Crippen LogP contribution >= 0.6 is 0 Å². The van der Waals surface area contributed by atoms with Gasteiger partial charge < -0.3 is 20.9 Å². The molecule has 0 aromatic carbocycles. The number of ether oxygens (including phenoxy) is 1. The molecule has 0 aromatic rings. The molecule has 4 nitrogen and oxygen atoms in total. The second-order valence-corrected chi connectivity index (χ2v) is 4.64. The van der Waals surface area contributed by atoms with Gasteiger partial charge in [-0.25, -0.2) is 0 Å². The van der Waals surface area contributed by atoms with Gasteiger partial charge in [0.25, 0.3) is 0 Å². The normalized spacial score (nSPS) is 27.2. The van der Waals surface area contributed by atoms with Crippen LogP contribution in [0.5, 0.6) is 0 Å². The van der Waals surface area contributed by atoms with Gasteiger partial charge in [0.05, 0.1) is 12.2 Å². The largest absolute Gasteiger partial charge is 0.396 e. The summed E-state index contributed by atoms with van der Waals surface area (Å²) in [5, 5.41) is 12.1. The third-order valence-electron chi connectivity index (χ3n) is 3.21. The van der Waals surface area contributed by atoms with Crippen molar-refractivity contribution in [1.29, 1.82) is 0 Å². The maximum atomic E-state index is 8.66. The first-order chi connectivity index (χ1) is 7.77. The Balaban J connectivity index is 2.11. The maximum Gasteiger partial charge on any atom is 0.0744 e. The van der Waals surface area contributed by atoms with Gasteiger partial charge in [0.2, 0.25) is 0 Å². The molecule has 0 spiro atoms. The molecule has 0 radical (unpaired) electrons. The summed E-state index contributed by atoms with van der Waals surface area (Å²) in [5.74, 6) is 0. The minimum Gasteiger partial charge on any atom is -0.396 e. The lowest BCUT2D eigenvalue weighted by molar-refractivity contribution is 0.0338. The SMILES string of the molecule is CC1CCC(C(CN)NCCCCCO)O1. The number of aliphatic hydroxyl groups excluding tert-OH is 1. The summed E-state index contributed by atoms with van der Waals surface area (Å²) in [4.78, 5) is 0. The third kappa shape index (κ3) is 4.78. The van der Waals surface area contributed by atoms with Crippen LogP contribution in [0.4, 0.5) is 0 Å². The Bertz CT molecular complexity index is 178. The van der Waals surface area contributed by atoms with Crippen LogP contribution in [-0.2, 0) is 4.74 Å². The third-order valence-corrected chi connectivity index (χ3v) is 3.21. The molecule has 0 aromatic heterocycles. The van der Waals surface area contributed by atoms with E-state index in [1.54, 1.807) is 0 Å². The number of nitrogens with one attached hydrogen (secondary N) is 1. The van der Waals surface area contributed by atoms with Crippen molar-refractivity contribution in [2.24, 2.45) is 5.73 Å². The van der Waals surface area contributed by atoms with Crippen LogP contribution < -0.4 is 11.1 Å². The van der Waals surface area contributed by atoms with Crippen molar-refractivity contribution in [3.63, 3.8) is 0 Å². The Kier molecular flexibility index (Phi) is 6.96. The summed E-state index contributed by atoms with van der Waals surface area (Å²) in [6, 6.07) is 0.291. The molecule has 1 aliphatic rings. The highest BCUT2D eigenvalue weighted by Crippen LogP contribution is 2.21. The van der Waals surface area contributed by atoms with Gasteiger partial charge in [-0.2, -0.15) is 0 Å². The molecule has 0 saturated carbocycles. The molecule has 0 bridgehead atoms. The van der Waals surface area contributed by atoms with Crippen molar-refractivity contribution in [3.8, 4) is 0 Å². The Morgan fingerprint density at radius 3 is 2.75 bits per heavy atom. The number of hydrogen-bond acceptors (Lipinski definition) is 4. The molecule has 3 atom stereocenters. The molecule has 16 heavy (non-hydrogen) atoms. The fourth-order valence-corrected chi connectivity index (χ4v) is 2.20. The van der Waals surface area contributed by atoms with E-state index in [2.05, 4.69) is 12.2 Å². The minimum absolute atomic E-state index is 0.290. The zero-order chi connectivity index (χ0) is 11.8. The number of hydrogen-bond donors (Lipinski definition) is 3. The smallest absolute Gasteiger partial charge is 0.0744 e. The van der Waals surface area contributed by atoms with Crippen LogP contribution in [0.25, 0.3) is 0 Å². The first kappa shape index (κ1) is 13.9. The van der Waals surface area contributed by atoms with E-state index in [9.17, 15) is 0 Å². The van der Waals surface area contributed by atoms with Gasteiger partial charge in [0, 0.05) is 19.2 Å². The van der Waals surface area contributed by atoms with Gasteiger partial charge >= 0.3 is 0 Å². The van der Waals surface area contributed by atoms with E-state index >= 15 is 0 Å². The zero-order valence-corrected chi connectivity index (χ0v) is 10.3. The van der Waals surface area contributed by atoms with E-state index < -0.39 is 0 Å². The fourth-order valence-electron chi connectivity index (χ4n) is 2.20. The standard InChI is InChI=1S/C12H26N2O2/c1-10-5-6-12(16-10)11(9-13)14-7-3-2-4-8-15/h10-12,14-15H,2-9,13H2,1H3. The van der Waals surface area contributed by atoms with Crippen LogP contribution in [0.2, 0.25) is 0 Å². The molecule has 1 aliphatic heterocycles. The molecule has 1 saturated heterocycles. The van der Waals surface area contributed by atoms with Crippen molar-refractivity contribution < 1.29 is 9.84 Å². The lowest BCUT2D eigenvalue weighted by Gasteiger charge is -2.23. The van der Waals surface area contributed by atoms with E-state index in [1.807, 2.05) is 0 Å². The Morgan fingerprint density at radius 1 is 1.38 bits per heavy atom. The topological polar surface area (TPSA) is 67.5 Å². The van der Waals surface area contributed by atoms with Crippen LogP contribution in [0.1, 0.15) is 39.0 Å². The van der Waals surface area contributed by atoms with Crippen LogP contribution in [-0.4, -0.2) is 43.1 Å². The molecule has 1 heterocycles. The average molecular weight is 230 g/mol.